The number of aromatic nitrogens is 2. The number of nitrogens with one attached hydrogen (secondary N) is 1. The van der Waals surface area contributed by atoms with Gasteiger partial charge in [-0.2, -0.15) is 4.98 Å². The molecule has 1 heterocycles. The first-order chi connectivity index (χ1) is 9.68. The first-order valence-corrected chi connectivity index (χ1v) is 7.97. The number of hydrogen-bond donors (Lipinski definition) is 2. The van der Waals surface area contributed by atoms with Crippen LogP contribution in [0, 0.1) is 0 Å². The summed E-state index contributed by atoms with van der Waals surface area (Å²) in [6.45, 7) is 2.80. The van der Waals surface area contributed by atoms with Crippen molar-refractivity contribution in [2.24, 2.45) is 0 Å². The second-order valence-electron chi connectivity index (χ2n) is 6.41. The molecule has 0 radical (unpaired) electrons. The molecule has 5 nitrogen and oxygen atoms in total. The van der Waals surface area contributed by atoms with E-state index in [9.17, 15) is 5.11 Å². The zero-order valence-corrected chi connectivity index (χ0v) is 12.3. The van der Waals surface area contributed by atoms with Gasteiger partial charge in [0.1, 0.15) is 0 Å². The van der Waals surface area contributed by atoms with Gasteiger partial charge in [-0.25, -0.2) is 0 Å². The van der Waals surface area contributed by atoms with E-state index in [0.717, 1.165) is 63.2 Å². The summed E-state index contributed by atoms with van der Waals surface area (Å²) in [6.07, 6.45) is 8.37. The van der Waals surface area contributed by atoms with Crippen molar-refractivity contribution >= 4 is 0 Å². The van der Waals surface area contributed by atoms with Crippen molar-refractivity contribution in [2.45, 2.75) is 75.9 Å². The van der Waals surface area contributed by atoms with Crippen LogP contribution in [-0.2, 0) is 6.42 Å². The molecule has 1 aromatic rings. The minimum Gasteiger partial charge on any atom is -0.389 e. The summed E-state index contributed by atoms with van der Waals surface area (Å²) in [5.74, 6) is 2.05. The van der Waals surface area contributed by atoms with Crippen LogP contribution in [0.3, 0.4) is 0 Å². The topological polar surface area (TPSA) is 71.2 Å². The number of hydrogen-bond acceptors (Lipinski definition) is 5. The fourth-order valence-corrected chi connectivity index (χ4v) is 3.22. The summed E-state index contributed by atoms with van der Waals surface area (Å²) in [7, 11) is 0. The van der Waals surface area contributed by atoms with Crippen molar-refractivity contribution < 1.29 is 9.63 Å². The molecule has 0 saturated heterocycles. The number of aryl methyl sites for hydroxylation is 1. The number of rotatable bonds is 5. The average Bonchev–Trinajstić information content (AvgIpc) is 2.92. The van der Waals surface area contributed by atoms with Gasteiger partial charge >= 0.3 is 0 Å². The lowest BCUT2D eigenvalue weighted by molar-refractivity contribution is -0.0340. The minimum absolute atomic E-state index is 0.417. The first kappa shape index (κ1) is 14.0. The lowest BCUT2D eigenvalue weighted by atomic mass is 9.79. The van der Waals surface area contributed by atoms with E-state index in [1.165, 1.54) is 6.42 Å². The van der Waals surface area contributed by atoms with Crippen molar-refractivity contribution in [1.29, 1.82) is 0 Å². The Labute approximate surface area is 120 Å². The number of aliphatic hydroxyl groups is 1. The zero-order valence-electron chi connectivity index (χ0n) is 12.3. The van der Waals surface area contributed by atoms with Crippen LogP contribution in [0.25, 0.3) is 0 Å². The molecular formula is C15H25N3O2. The monoisotopic (exact) mass is 279 g/mol. The maximum Gasteiger partial charge on any atom is 0.229 e. The summed E-state index contributed by atoms with van der Waals surface area (Å²) in [5.41, 5.74) is -0.417. The van der Waals surface area contributed by atoms with E-state index in [1.807, 2.05) is 6.92 Å². The third-order valence-corrected chi connectivity index (χ3v) is 4.88. The van der Waals surface area contributed by atoms with E-state index in [0.29, 0.717) is 12.0 Å². The SMILES string of the molecule is CCc1noc(C2CCC(NCC3(O)CCC3)CC2)n1. The molecule has 0 bridgehead atoms. The molecule has 2 aliphatic rings. The third kappa shape index (κ3) is 3.04. The van der Waals surface area contributed by atoms with E-state index < -0.39 is 5.60 Å². The predicted molar refractivity (Wildman–Crippen MR) is 75.5 cm³/mol. The molecule has 5 heteroatoms. The molecule has 2 N–H and O–H groups in total. The molecule has 2 saturated carbocycles. The van der Waals surface area contributed by atoms with Gasteiger partial charge in [-0.1, -0.05) is 12.1 Å². The molecule has 0 aliphatic heterocycles. The number of nitrogens with zero attached hydrogens (tertiary/aromatic N) is 2. The Bertz CT molecular complexity index is 434. The van der Waals surface area contributed by atoms with Gasteiger partial charge in [0, 0.05) is 24.9 Å². The van der Waals surface area contributed by atoms with Gasteiger partial charge < -0.3 is 14.9 Å². The lowest BCUT2D eigenvalue weighted by Crippen LogP contribution is -2.49. The van der Waals surface area contributed by atoms with Gasteiger partial charge in [-0.15, -0.1) is 0 Å². The Hall–Kier alpha value is -0.940. The summed E-state index contributed by atoms with van der Waals surface area (Å²) in [5, 5.41) is 17.6. The Morgan fingerprint density at radius 2 is 2.05 bits per heavy atom. The Balaban J connectivity index is 1.44. The highest BCUT2D eigenvalue weighted by Crippen LogP contribution is 2.34. The fourth-order valence-electron chi connectivity index (χ4n) is 3.22. The molecule has 0 spiro atoms. The summed E-state index contributed by atoms with van der Waals surface area (Å²) < 4.78 is 5.35. The van der Waals surface area contributed by atoms with Crippen LogP contribution >= 0.6 is 0 Å². The van der Waals surface area contributed by atoms with Crippen LogP contribution in [0.1, 0.15) is 69.5 Å². The van der Waals surface area contributed by atoms with Crippen LogP contribution in [0.15, 0.2) is 4.52 Å². The summed E-state index contributed by atoms with van der Waals surface area (Å²) >= 11 is 0. The highest BCUT2D eigenvalue weighted by Gasteiger charge is 2.35. The molecule has 2 aliphatic carbocycles. The Morgan fingerprint density at radius 3 is 2.60 bits per heavy atom. The molecule has 20 heavy (non-hydrogen) atoms. The van der Waals surface area contributed by atoms with Gasteiger partial charge in [-0.3, -0.25) is 0 Å². The van der Waals surface area contributed by atoms with Crippen LogP contribution in [-0.4, -0.2) is 33.4 Å². The molecule has 0 aromatic carbocycles. The lowest BCUT2D eigenvalue weighted by Gasteiger charge is -2.39. The van der Waals surface area contributed by atoms with Crippen LogP contribution in [0.5, 0.6) is 0 Å². The largest absolute Gasteiger partial charge is 0.389 e. The smallest absolute Gasteiger partial charge is 0.229 e. The van der Waals surface area contributed by atoms with Gasteiger partial charge in [0.05, 0.1) is 5.60 Å². The molecule has 0 atom stereocenters. The molecular weight excluding hydrogens is 254 g/mol. The molecule has 3 rings (SSSR count). The van der Waals surface area contributed by atoms with Crippen molar-refractivity contribution in [3.8, 4) is 0 Å². The maximum atomic E-state index is 10.1. The van der Waals surface area contributed by atoms with Gasteiger partial charge in [0.25, 0.3) is 0 Å². The van der Waals surface area contributed by atoms with E-state index in [4.69, 9.17) is 4.52 Å². The summed E-state index contributed by atoms with van der Waals surface area (Å²) in [6, 6.07) is 0.532. The fraction of sp³-hybridized carbons (Fsp3) is 0.867. The minimum atomic E-state index is -0.417. The third-order valence-electron chi connectivity index (χ3n) is 4.88. The maximum absolute atomic E-state index is 10.1. The van der Waals surface area contributed by atoms with Gasteiger partial charge in [-0.05, 0) is 44.9 Å². The molecule has 0 unspecified atom stereocenters. The standard InChI is InChI=1S/C15H25N3O2/c1-2-13-17-14(20-18-13)11-4-6-12(7-5-11)16-10-15(19)8-3-9-15/h11-12,16,19H,2-10H2,1H3. The van der Waals surface area contributed by atoms with Crippen molar-refractivity contribution in [1.82, 2.24) is 15.5 Å². The second kappa shape index (κ2) is 5.82. The van der Waals surface area contributed by atoms with Gasteiger partial charge in [0.15, 0.2) is 5.82 Å². The first-order valence-electron chi connectivity index (χ1n) is 7.97. The molecule has 0 amide bonds. The van der Waals surface area contributed by atoms with E-state index in [1.54, 1.807) is 0 Å². The van der Waals surface area contributed by atoms with Crippen molar-refractivity contribution in [3.05, 3.63) is 11.7 Å². The second-order valence-corrected chi connectivity index (χ2v) is 6.41. The quantitative estimate of drug-likeness (QED) is 0.864. The zero-order chi connectivity index (χ0) is 14.0. The van der Waals surface area contributed by atoms with Crippen molar-refractivity contribution in [3.63, 3.8) is 0 Å². The Morgan fingerprint density at radius 1 is 1.30 bits per heavy atom. The van der Waals surface area contributed by atoms with E-state index in [2.05, 4.69) is 15.5 Å². The Kier molecular flexibility index (Phi) is 4.08. The predicted octanol–water partition coefficient (Wildman–Crippen LogP) is 2.16. The van der Waals surface area contributed by atoms with Gasteiger partial charge in [0.2, 0.25) is 5.89 Å². The van der Waals surface area contributed by atoms with Crippen LogP contribution in [0.2, 0.25) is 0 Å². The van der Waals surface area contributed by atoms with Crippen LogP contribution in [0.4, 0.5) is 0 Å². The van der Waals surface area contributed by atoms with E-state index in [-0.39, 0.29) is 0 Å². The van der Waals surface area contributed by atoms with Crippen LogP contribution < -0.4 is 5.32 Å². The average molecular weight is 279 g/mol. The van der Waals surface area contributed by atoms with E-state index >= 15 is 0 Å². The molecule has 112 valence electrons. The normalized spacial score (nSPS) is 29.1. The highest BCUT2D eigenvalue weighted by molar-refractivity contribution is 4.98. The molecule has 1 aromatic heterocycles. The highest BCUT2D eigenvalue weighted by atomic mass is 16.5. The molecule has 2 fully saturated rings. The van der Waals surface area contributed by atoms with Crippen molar-refractivity contribution in [2.75, 3.05) is 6.54 Å². The summed E-state index contributed by atoms with van der Waals surface area (Å²) in [4.78, 5) is 4.45.